The molecule has 17 heavy (non-hydrogen) atoms. The van der Waals surface area contributed by atoms with Crippen molar-refractivity contribution in [1.82, 2.24) is 4.98 Å². The highest BCUT2D eigenvalue weighted by atomic mass is 35.5. The Kier molecular flexibility index (Phi) is 4.28. The van der Waals surface area contributed by atoms with Gasteiger partial charge in [-0.25, -0.2) is 4.98 Å². The van der Waals surface area contributed by atoms with Gasteiger partial charge in [0.25, 0.3) is 0 Å². The zero-order valence-corrected chi connectivity index (χ0v) is 11.9. The van der Waals surface area contributed by atoms with Gasteiger partial charge in [0.2, 0.25) is 0 Å². The van der Waals surface area contributed by atoms with Gasteiger partial charge in [-0.05, 0) is 24.7 Å². The molecule has 1 aromatic heterocycles. The van der Waals surface area contributed by atoms with E-state index < -0.39 is 0 Å². The van der Waals surface area contributed by atoms with Crippen LogP contribution in [0.25, 0.3) is 0 Å². The second-order valence-corrected chi connectivity index (χ2v) is 6.36. The Hall–Kier alpha value is -0.320. The van der Waals surface area contributed by atoms with Crippen LogP contribution in [0.3, 0.4) is 0 Å². The molecule has 0 bridgehead atoms. The zero-order valence-electron chi connectivity index (χ0n) is 10.3. The van der Waals surface area contributed by atoms with E-state index in [0.29, 0.717) is 5.15 Å². The van der Waals surface area contributed by atoms with E-state index in [4.69, 9.17) is 16.7 Å². The van der Waals surface area contributed by atoms with E-state index in [9.17, 15) is 0 Å². The number of aromatic nitrogens is 1. The summed E-state index contributed by atoms with van der Waals surface area (Å²) in [6.45, 7) is 6.68. The Bertz CT molecular complexity index is 373. The fourth-order valence-electron chi connectivity index (χ4n) is 2.31. The van der Waals surface area contributed by atoms with Gasteiger partial charge >= 0.3 is 0 Å². The Morgan fingerprint density at radius 1 is 1.47 bits per heavy atom. The molecule has 0 aromatic carbocycles. The predicted octanol–water partition coefficient (Wildman–Crippen LogP) is 3.16. The molecule has 1 N–H and O–H groups in total. The van der Waals surface area contributed by atoms with Crippen molar-refractivity contribution in [3.05, 3.63) is 10.0 Å². The Labute approximate surface area is 111 Å². The smallest absolute Gasteiger partial charge is 0.187 e. The second-order valence-electron chi connectivity index (χ2n) is 4.94. The van der Waals surface area contributed by atoms with Crippen molar-refractivity contribution in [3.63, 3.8) is 0 Å². The number of aliphatic hydroxyl groups excluding tert-OH is 1. The Morgan fingerprint density at radius 3 is 2.59 bits per heavy atom. The first-order valence-corrected chi connectivity index (χ1v) is 7.32. The van der Waals surface area contributed by atoms with E-state index in [2.05, 4.69) is 23.7 Å². The zero-order chi connectivity index (χ0) is 12.4. The van der Waals surface area contributed by atoms with Crippen LogP contribution in [0.5, 0.6) is 0 Å². The van der Waals surface area contributed by atoms with Gasteiger partial charge in [-0.15, -0.1) is 0 Å². The minimum absolute atomic E-state index is 0.0149. The van der Waals surface area contributed by atoms with Gasteiger partial charge in [-0.2, -0.15) is 0 Å². The summed E-state index contributed by atoms with van der Waals surface area (Å²) < 4.78 is 0. The summed E-state index contributed by atoms with van der Waals surface area (Å²) in [5.74, 6) is 1.60. The van der Waals surface area contributed by atoms with Gasteiger partial charge in [0.05, 0.1) is 11.5 Å². The SMILES string of the molecule is CC(C)C1CCN(c2nc(Cl)c(CO)s2)CC1. The van der Waals surface area contributed by atoms with E-state index in [0.717, 1.165) is 34.9 Å². The van der Waals surface area contributed by atoms with E-state index in [-0.39, 0.29) is 6.61 Å². The molecular formula is C12H19ClN2OS. The first-order chi connectivity index (χ1) is 8.11. The van der Waals surface area contributed by atoms with Crippen LogP contribution in [0.15, 0.2) is 0 Å². The van der Waals surface area contributed by atoms with Crippen LogP contribution in [-0.2, 0) is 6.61 Å². The average molecular weight is 275 g/mol. The van der Waals surface area contributed by atoms with Crippen LogP contribution in [0.4, 0.5) is 5.13 Å². The van der Waals surface area contributed by atoms with Gasteiger partial charge in [-0.1, -0.05) is 36.8 Å². The Morgan fingerprint density at radius 2 is 2.12 bits per heavy atom. The number of rotatable bonds is 3. The highest BCUT2D eigenvalue weighted by molar-refractivity contribution is 7.16. The maximum atomic E-state index is 9.11. The number of hydrogen-bond donors (Lipinski definition) is 1. The molecule has 2 rings (SSSR count). The van der Waals surface area contributed by atoms with Crippen LogP contribution in [0.2, 0.25) is 5.15 Å². The molecule has 0 spiro atoms. The molecule has 1 aliphatic heterocycles. The number of thiazole rings is 1. The summed E-state index contributed by atoms with van der Waals surface area (Å²) in [6, 6.07) is 0. The van der Waals surface area contributed by atoms with Crippen molar-refractivity contribution in [2.75, 3.05) is 18.0 Å². The third-order valence-electron chi connectivity index (χ3n) is 3.53. The molecule has 96 valence electrons. The van der Waals surface area contributed by atoms with Crippen LogP contribution >= 0.6 is 22.9 Å². The fourth-order valence-corrected chi connectivity index (χ4v) is 3.48. The lowest BCUT2D eigenvalue weighted by Gasteiger charge is -2.33. The monoisotopic (exact) mass is 274 g/mol. The van der Waals surface area contributed by atoms with Crippen molar-refractivity contribution < 1.29 is 5.11 Å². The van der Waals surface area contributed by atoms with Crippen molar-refractivity contribution in [1.29, 1.82) is 0 Å². The predicted molar refractivity (Wildman–Crippen MR) is 72.8 cm³/mol. The average Bonchev–Trinajstić information content (AvgIpc) is 2.70. The standard InChI is InChI=1S/C12H19ClN2OS/c1-8(2)9-3-5-15(6-4-9)12-14-11(13)10(7-16)17-12/h8-9,16H,3-7H2,1-2H3. The molecule has 0 radical (unpaired) electrons. The van der Waals surface area contributed by atoms with Crippen LogP contribution in [0, 0.1) is 11.8 Å². The van der Waals surface area contributed by atoms with Crippen LogP contribution in [0.1, 0.15) is 31.6 Å². The lowest BCUT2D eigenvalue weighted by molar-refractivity contribution is 0.285. The van der Waals surface area contributed by atoms with Crippen LogP contribution in [-0.4, -0.2) is 23.2 Å². The normalized spacial score (nSPS) is 18.1. The third kappa shape index (κ3) is 2.92. The summed E-state index contributed by atoms with van der Waals surface area (Å²) in [6.07, 6.45) is 2.45. The lowest BCUT2D eigenvalue weighted by atomic mass is 9.87. The van der Waals surface area contributed by atoms with E-state index >= 15 is 0 Å². The van der Waals surface area contributed by atoms with Gasteiger partial charge in [-0.3, -0.25) is 0 Å². The molecule has 0 amide bonds. The van der Waals surface area contributed by atoms with Gasteiger partial charge in [0.1, 0.15) is 5.15 Å². The number of halogens is 1. The fraction of sp³-hybridized carbons (Fsp3) is 0.750. The van der Waals surface area contributed by atoms with E-state index in [1.807, 2.05) is 0 Å². The number of piperidine rings is 1. The molecule has 2 heterocycles. The summed E-state index contributed by atoms with van der Waals surface area (Å²) >= 11 is 7.46. The molecule has 0 aliphatic carbocycles. The molecule has 1 aromatic rings. The molecule has 0 saturated carbocycles. The van der Waals surface area contributed by atoms with Crippen molar-refractivity contribution >= 4 is 28.1 Å². The molecule has 5 heteroatoms. The summed E-state index contributed by atoms with van der Waals surface area (Å²) in [5.41, 5.74) is 0. The maximum Gasteiger partial charge on any atom is 0.187 e. The quantitative estimate of drug-likeness (QED) is 0.920. The highest BCUT2D eigenvalue weighted by Gasteiger charge is 2.23. The molecule has 0 unspecified atom stereocenters. The van der Waals surface area contributed by atoms with E-state index in [1.165, 1.54) is 24.2 Å². The van der Waals surface area contributed by atoms with Crippen molar-refractivity contribution in [2.24, 2.45) is 11.8 Å². The summed E-state index contributed by atoms with van der Waals surface area (Å²) in [7, 11) is 0. The minimum Gasteiger partial charge on any atom is -0.391 e. The second kappa shape index (κ2) is 5.55. The molecule has 1 fully saturated rings. The largest absolute Gasteiger partial charge is 0.391 e. The number of anilines is 1. The Balaban J connectivity index is 2.00. The number of aliphatic hydroxyl groups is 1. The third-order valence-corrected chi connectivity index (χ3v) is 5.06. The van der Waals surface area contributed by atoms with Crippen LogP contribution < -0.4 is 4.90 Å². The molecule has 3 nitrogen and oxygen atoms in total. The molecular weight excluding hydrogens is 256 g/mol. The first-order valence-electron chi connectivity index (χ1n) is 6.12. The summed E-state index contributed by atoms with van der Waals surface area (Å²) in [5, 5.41) is 10.5. The van der Waals surface area contributed by atoms with Gasteiger partial charge < -0.3 is 10.0 Å². The van der Waals surface area contributed by atoms with Gasteiger partial charge in [0, 0.05) is 13.1 Å². The minimum atomic E-state index is -0.0149. The molecule has 0 atom stereocenters. The molecule has 1 aliphatic rings. The highest BCUT2D eigenvalue weighted by Crippen LogP contribution is 2.33. The number of nitrogens with zero attached hydrogens (tertiary/aromatic N) is 2. The van der Waals surface area contributed by atoms with Crippen molar-refractivity contribution in [3.8, 4) is 0 Å². The molecule has 1 saturated heterocycles. The van der Waals surface area contributed by atoms with Crippen molar-refractivity contribution in [2.45, 2.75) is 33.3 Å². The van der Waals surface area contributed by atoms with E-state index in [1.54, 1.807) is 0 Å². The summed E-state index contributed by atoms with van der Waals surface area (Å²) in [4.78, 5) is 7.38. The maximum absolute atomic E-state index is 9.11. The lowest BCUT2D eigenvalue weighted by Crippen LogP contribution is -2.35. The van der Waals surface area contributed by atoms with Gasteiger partial charge in [0.15, 0.2) is 5.13 Å². The topological polar surface area (TPSA) is 36.4 Å². The number of hydrogen-bond acceptors (Lipinski definition) is 4. The first kappa shape index (κ1) is 13.1.